The van der Waals surface area contributed by atoms with E-state index in [1.807, 2.05) is 36.1 Å². The third kappa shape index (κ3) is 4.63. The smallest absolute Gasteiger partial charge is 0.257 e. The zero-order valence-corrected chi connectivity index (χ0v) is 19.8. The zero-order chi connectivity index (χ0) is 23.9. The Labute approximate surface area is 198 Å². The summed E-state index contributed by atoms with van der Waals surface area (Å²) >= 11 is 0. The van der Waals surface area contributed by atoms with Gasteiger partial charge < -0.3 is 4.90 Å². The molecule has 2 aliphatic heterocycles. The monoisotopic (exact) mass is 482 g/mol. The molecule has 178 valence electrons. The van der Waals surface area contributed by atoms with Crippen molar-refractivity contribution in [3.05, 3.63) is 71.7 Å². The van der Waals surface area contributed by atoms with Gasteiger partial charge in [0.1, 0.15) is 11.5 Å². The maximum atomic E-state index is 13.6. The van der Waals surface area contributed by atoms with Crippen molar-refractivity contribution < 1.29 is 17.6 Å². The number of aromatic nitrogens is 2. The number of hydrogen-bond donors (Lipinski definition) is 0. The summed E-state index contributed by atoms with van der Waals surface area (Å²) in [6, 6.07) is 13.9. The lowest BCUT2D eigenvalue weighted by molar-refractivity contribution is 0.0588. The van der Waals surface area contributed by atoms with E-state index in [1.165, 1.54) is 12.1 Å². The molecule has 34 heavy (non-hydrogen) atoms. The highest BCUT2D eigenvalue weighted by Crippen LogP contribution is 2.27. The predicted molar refractivity (Wildman–Crippen MR) is 128 cm³/mol. The van der Waals surface area contributed by atoms with Crippen LogP contribution in [-0.4, -0.2) is 77.6 Å². The molecule has 0 radical (unpaired) electrons. The maximum Gasteiger partial charge on any atom is 0.257 e. The Bertz CT molecular complexity index is 1290. The summed E-state index contributed by atoms with van der Waals surface area (Å²) in [4.78, 5) is 17.6. The van der Waals surface area contributed by atoms with Crippen molar-refractivity contribution in [1.82, 2.24) is 19.6 Å². The van der Waals surface area contributed by atoms with Gasteiger partial charge in [0.2, 0.25) is 0 Å². The van der Waals surface area contributed by atoms with Crippen LogP contribution in [0.4, 0.5) is 4.39 Å². The van der Waals surface area contributed by atoms with Gasteiger partial charge in [-0.05, 0) is 37.6 Å². The van der Waals surface area contributed by atoms with Crippen molar-refractivity contribution in [2.45, 2.75) is 19.4 Å². The van der Waals surface area contributed by atoms with Gasteiger partial charge >= 0.3 is 0 Å². The molecule has 7 nitrogen and oxygen atoms in total. The number of amides is 1. The number of piperazine rings is 1. The molecule has 9 heteroatoms. The lowest BCUT2D eigenvalue weighted by Crippen LogP contribution is -2.52. The molecular formula is C25H27FN4O3S. The first-order valence-electron chi connectivity index (χ1n) is 11.5. The van der Waals surface area contributed by atoms with Crippen molar-refractivity contribution in [1.29, 1.82) is 0 Å². The fourth-order valence-corrected chi connectivity index (χ4v) is 6.47. The van der Waals surface area contributed by atoms with Crippen molar-refractivity contribution >= 4 is 15.7 Å². The van der Waals surface area contributed by atoms with Gasteiger partial charge in [-0.15, -0.1) is 0 Å². The van der Waals surface area contributed by atoms with E-state index >= 15 is 0 Å². The summed E-state index contributed by atoms with van der Waals surface area (Å²) in [7, 11) is -2.94. The van der Waals surface area contributed by atoms with Crippen molar-refractivity contribution in [2.75, 3.05) is 37.7 Å². The third-order valence-electron chi connectivity index (χ3n) is 6.69. The van der Waals surface area contributed by atoms with Gasteiger partial charge in [0, 0.05) is 44.0 Å². The second-order valence-electron chi connectivity index (χ2n) is 9.06. The van der Waals surface area contributed by atoms with Gasteiger partial charge in [-0.2, -0.15) is 5.10 Å². The first-order valence-corrected chi connectivity index (χ1v) is 13.3. The molecule has 2 aliphatic rings. The Hall–Kier alpha value is -3.04. The van der Waals surface area contributed by atoms with Crippen LogP contribution >= 0.6 is 0 Å². The largest absolute Gasteiger partial charge is 0.336 e. The average molecular weight is 483 g/mol. The number of halogens is 1. The Kier molecular flexibility index (Phi) is 5.99. The van der Waals surface area contributed by atoms with Crippen molar-refractivity contribution in [2.24, 2.45) is 0 Å². The Morgan fingerprint density at radius 2 is 1.68 bits per heavy atom. The topological polar surface area (TPSA) is 75.5 Å². The van der Waals surface area contributed by atoms with Crippen LogP contribution in [0.25, 0.3) is 16.9 Å². The first-order chi connectivity index (χ1) is 16.3. The number of aryl methyl sites for hydroxylation is 1. The van der Waals surface area contributed by atoms with Gasteiger partial charge in [0.25, 0.3) is 5.91 Å². The van der Waals surface area contributed by atoms with Crippen molar-refractivity contribution in [3.8, 4) is 16.9 Å². The summed E-state index contributed by atoms with van der Waals surface area (Å²) in [5, 5.41) is 4.69. The Morgan fingerprint density at radius 1 is 1.00 bits per heavy atom. The van der Waals surface area contributed by atoms with Gasteiger partial charge in [-0.25, -0.2) is 17.5 Å². The third-order valence-corrected chi connectivity index (χ3v) is 8.44. The molecule has 5 rings (SSSR count). The minimum atomic E-state index is -2.94. The summed E-state index contributed by atoms with van der Waals surface area (Å²) in [6.07, 6.45) is 2.37. The van der Waals surface area contributed by atoms with E-state index in [2.05, 4.69) is 10.00 Å². The highest BCUT2D eigenvalue weighted by atomic mass is 32.2. The van der Waals surface area contributed by atoms with Crippen LogP contribution in [0.3, 0.4) is 0 Å². The molecule has 1 atom stereocenters. The van der Waals surface area contributed by atoms with Crippen LogP contribution in [-0.2, 0) is 9.84 Å². The number of sulfone groups is 1. The first kappa shape index (κ1) is 22.7. The van der Waals surface area contributed by atoms with E-state index in [9.17, 15) is 17.6 Å². The molecule has 0 bridgehead atoms. The van der Waals surface area contributed by atoms with Gasteiger partial charge in [0.15, 0.2) is 9.84 Å². The Morgan fingerprint density at radius 3 is 2.29 bits per heavy atom. The van der Waals surface area contributed by atoms with Crippen LogP contribution in [0.1, 0.15) is 22.3 Å². The molecule has 1 aromatic heterocycles. The molecule has 0 aliphatic carbocycles. The molecular weight excluding hydrogens is 455 g/mol. The highest BCUT2D eigenvalue weighted by molar-refractivity contribution is 7.91. The van der Waals surface area contributed by atoms with E-state index in [1.54, 1.807) is 23.0 Å². The minimum absolute atomic E-state index is 0.0478. The van der Waals surface area contributed by atoms with Crippen LogP contribution in [0.5, 0.6) is 0 Å². The number of benzene rings is 2. The van der Waals surface area contributed by atoms with Crippen LogP contribution in [0.15, 0.2) is 54.7 Å². The molecule has 2 fully saturated rings. The maximum absolute atomic E-state index is 13.6. The summed E-state index contributed by atoms with van der Waals surface area (Å²) in [5.41, 5.74) is 3.69. The van der Waals surface area contributed by atoms with E-state index in [4.69, 9.17) is 0 Å². The molecule has 0 spiro atoms. The second-order valence-corrected chi connectivity index (χ2v) is 11.3. The summed E-state index contributed by atoms with van der Waals surface area (Å²) in [6.45, 7) is 4.37. The van der Waals surface area contributed by atoms with Gasteiger partial charge in [-0.3, -0.25) is 9.69 Å². The molecule has 3 heterocycles. The fraction of sp³-hybridized carbons (Fsp3) is 0.360. The number of carbonyl (C=O) groups is 1. The lowest BCUT2D eigenvalue weighted by atomic mass is 10.1. The molecule has 2 aromatic carbocycles. The lowest BCUT2D eigenvalue weighted by Gasteiger charge is -2.37. The summed E-state index contributed by atoms with van der Waals surface area (Å²) in [5.74, 6) is 0.0175. The second kappa shape index (κ2) is 8.96. The summed E-state index contributed by atoms with van der Waals surface area (Å²) < 4.78 is 38.7. The molecule has 2 saturated heterocycles. The highest BCUT2D eigenvalue weighted by Gasteiger charge is 2.35. The molecule has 0 saturated carbocycles. The van der Waals surface area contributed by atoms with E-state index in [0.717, 1.165) is 11.1 Å². The molecule has 0 N–H and O–H groups in total. The number of carbonyl (C=O) groups excluding carboxylic acids is 1. The van der Waals surface area contributed by atoms with Crippen molar-refractivity contribution in [3.63, 3.8) is 0 Å². The van der Waals surface area contributed by atoms with E-state index in [-0.39, 0.29) is 29.3 Å². The predicted octanol–water partition coefficient (Wildman–Crippen LogP) is 2.93. The Balaban J connectivity index is 1.40. The van der Waals surface area contributed by atoms with Gasteiger partial charge in [0.05, 0.1) is 22.8 Å². The van der Waals surface area contributed by atoms with E-state index < -0.39 is 9.84 Å². The molecule has 0 unspecified atom stereocenters. The normalized spacial score (nSPS) is 20.5. The van der Waals surface area contributed by atoms with Gasteiger partial charge in [-0.1, -0.05) is 29.8 Å². The molecule has 3 aromatic rings. The number of hydrogen-bond acceptors (Lipinski definition) is 5. The fourth-order valence-electron chi connectivity index (χ4n) is 4.71. The number of nitrogens with zero attached hydrogens (tertiary/aromatic N) is 4. The van der Waals surface area contributed by atoms with E-state index in [0.29, 0.717) is 49.5 Å². The standard InChI is InChI=1S/C25H27FN4O3S/c1-18-2-4-19(5-3-18)24-23(16-30(27-24)21-8-6-20(26)7-9-21)25(31)29-13-11-28(12-14-29)22-10-15-34(32,33)17-22/h2-9,16,22H,10-15,17H2,1H3/t22-/m1/s1. The minimum Gasteiger partial charge on any atom is -0.336 e. The quantitative estimate of drug-likeness (QED) is 0.572. The van der Waals surface area contributed by atoms with Crippen LogP contribution < -0.4 is 0 Å². The zero-order valence-electron chi connectivity index (χ0n) is 19.0. The van der Waals surface area contributed by atoms with Crippen LogP contribution in [0, 0.1) is 12.7 Å². The number of rotatable bonds is 4. The SMILES string of the molecule is Cc1ccc(-c2nn(-c3ccc(F)cc3)cc2C(=O)N2CCN([C@@H]3CCS(=O)(=O)C3)CC2)cc1. The molecule has 1 amide bonds. The van der Waals surface area contributed by atoms with Crippen LogP contribution in [0.2, 0.25) is 0 Å². The average Bonchev–Trinajstić information content (AvgIpc) is 3.43.